The molecule has 1 aromatic rings. The van der Waals surface area contributed by atoms with Gasteiger partial charge >= 0.3 is 5.97 Å². The van der Waals surface area contributed by atoms with Gasteiger partial charge in [0.15, 0.2) is 0 Å². The van der Waals surface area contributed by atoms with Gasteiger partial charge in [0, 0.05) is 26.2 Å². The van der Waals surface area contributed by atoms with Gasteiger partial charge in [-0.3, -0.25) is 9.69 Å². The number of piperazine rings is 1. The van der Waals surface area contributed by atoms with Gasteiger partial charge in [-0.15, -0.1) is 0 Å². The minimum atomic E-state index is -3.52. The first kappa shape index (κ1) is 22.3. The van der Waals surface area contributed by atoms with Crippen molar-refractivity contribution >= 4 is 21.9 Å². The molecule has 2 rings (SSSR count). The fourth-order valence-electron chi connectivity index (χ4n) is 3.09. The molecule has 0 aromatic heterocycles. The number of nitrogens with zero attached hydrogens (tertiary/aromatic N) is 2. The summed E-state index contributed by atoms with van der Waals surface area (Å²) in [4.78, 5) is 26.4. The minimum Gasteiger partial charge on any atom is -0.467 e. The highest BCUT2D eigenvalue weighted by atomic mass is 32.2. The summed E-state index contributed by atoms with van der Waals surface area (Å²) >= 11 is 0. The third-order valence-electron chi connectivity index (χ3n) is 5.06. The van der Waals surface area contributed by atoms with Gasteiger partial charge in [0.05, 0.1) is 18.6 Å². The maximum Gasteiger partial charge on any atom is 0.328 e. The summed E-state index contributed by atoms with van der Waals surface area (Å²) in [6.07, 6.45) is 0.732. The number of hydrogen-bond donors (Lipinski definition) is 1. The Balaban J connectivity index is 1.89. The summed E-state index contributed by atoms with van der Waals surface area (Å²) in [7, 11) is -2.22. The Morgan fingerprint density at radius 3 is 2.29 bits per heavy atom. The molecule has 1 fully saturated rings. The van der Waals surface area contributed by atoms with Crippen LogP contribution in [0.1, 0.15) is 20.3 Å². The molecule has 9 heteroatoms. The normalized spacial score (nSPS) is 18.2. The lowest BCUT2D eigenvalue weighted by Crippen LogP contribution is -2.53. The quantitative estimate of drug-likeness (QED) is 0.633. The number of methoxy groups -OCH3 is 1. The smallest absolute Gasteiger partial charge is 0.328 e. The highest BCUT2D eigenvalue weighted by Crippen LogP contribution is 2.17. The summed E-state index contributed by atoms with van der Waals surface area (Å²) in [5, 5.41) is 2.75. The van der Waals surface area contributed by atoms with E-state index in [0.29, 0.717) is 26.2 Å². The van der Waals surface area contributed by atoms with Gasteiger partial charge < -0.3 is 10.1 Å². The monoisotopic (exact) mass is 411 g/mol. The van der Waals surface area contributed by atoms with Crippen molar-refractivity contribution < 1.29 is 22.7 Å². The molecule has 2 atom stereocenters. The Morgan fingerprint density at radius 1 is 1.14 bits per heavy atom. The number of esters is 1. The second-order valence-corrected chi connectivity index (χ2v) is 8.89. The number of sulfonamides is 1. The van der Waals surface area contributed by atoms with Crippen LogP contribution in [0.25, 0.3) is 0 Å². The fraction of sp³-hybridized carbons (Fsp3) is 0.579. The van der Waals surface area contributed by atoms with Crippen LogP contribution in [0, 0.1) is 5.92 Å². The Kier molecular flexibility index (Phi) is 7.97. The zero-order chi connectivity index (χ0) is 20.7. The van der Waals surface area contributed by atoms with E-state index in [1.807, 2.05) is 18.7 Å². The van der Waals surface area contributed by atoms with E-state index in [1.54, 1.807) is 30.3 Å². The van der Waals surface area contributed by atoms with Crippen LogP contribution >= 0.6 is 0 Å². The lowest BCUT2D eigenvalue weighted by atomic mass is 9.99. The molecule has 1 heterocycles. The van der Waals surface area contributed by atoms with E-state index in [1.165, 1.54) is 11.4 Å². The third-order valence-corrected chi connectivity index (χ3v) is 6.98. The maximum atomic E-state index is 12.7. The van der Waals surface area contributed by atoms with Gasteiger partial charge in [-0.25, -0.2) is 13.2 Å². The third kappa shape index (κ3) is 5.52. The highest BCUT2D eigenvalue weighted by molar-refractivity contribution is 7.89. The van der Waals surface area contributed by atoms with Gasteiger partial charge in [-0.1, -0.05) is 38.5 Å². The van der Waals surface area contributed by atoms with E-state index >= 15 is 0 Å². The molecule has 1 saturated heterocycles. The first-order chi connectivity index (χ1) is 13.3. The molecule has 0 bridgehead atoms. The molecule has 1 N–H and O–H groups in total. The number of carbonyl (C=O) groups is 2. The van der Waals surface area contributed by atoms with Crippen molar-refractivity contribution in [3.8, 4) is 0 Å². The number of amides is 1. The molecule has 1 aromatic carbocycles. The van der Waals surface area contributed by atoms with Crippen molar-refractivity contribution in [2.75, 3.05) is 39.8 Å². The zero-order valence-corrected chi connectivity index (χ0v) is 17.4. The number of benzene rings is 1. The van der Waals surface area contributed by atoms with E-state index in [9.17, 15) is 18.0 Å². The van der Waals surface area contributed by atoms with Gasteiger partial charge in [0.2, 0.25) is 15.9 Å². The molecule has 156 valence electrons. The molecule has 0 aliphatic carbocycles. The second kappa shape index (κ2) is 9.99. The second-order valence-electron chi connectivity index (χ2n) is 6.95. The van der Waals surface area contributed by atoms with Crippen LogP contribution in [0.5, 0.6) is 0 Å². The first-order valence-corrected chi connectivity index (χ1v) is 10.9. The van der Waals surface area contributed by atoms with Gasteiger partial charge in [0.1, 0.15) is 6.04 Å². The van der Waals surface area contributed by atoms with Crippen molar-refractivity contribution in [3.05, 3.63) is 30.3 Å². The van der Waals surface area contributed by atoms with Gasteiger partial charge in [0.25, 0.3) is 0 Å². The van der Waals surface area contributed by atoms with E-state index in [-0.39, 0.29) is 23.3 Å². The Labute approximate surface area is 166 Å². The SMILES string of the molecule is CC[C@@H](C)[C@H](NC(=O)CN1CCN(S(=O)(=O)c2ccccc2)CC1)C(=O)OC. The summed E-state index contributed by atoms with van der Waals surface area (Å²) < 4.78 is 31.5. The van der Waals surface area contributed by atoms with Crippen molar-refractivity contribution in [1.82, 2.24) is 14.5 Å². The summed E-state index contributed by atoms with van der Waals surface area (Å²) in [5.41, 5.74) is 0. The van der Waals surface area contributed by atoms with Gasteiger partial charge in [-0.05, 0) is 18.1 Å². The van der Waals surface area contributed by atoms with Crippen molar-refractivity contribution in [1.29, 1.82) is 0 Å². The van der Waals surface area contributed by atoms with E-state index in [2.05, 4.69) is 5.32 Å². The predicted octanol–water partition coefficient (Wildman–Crippen LogP) is 0.697. The Bertz CT molecular complexity index is 761. The molecule has 28 heavy (non-hydrogen) atoms. The summed E-state index contributed by atoms with van der Waals surface area (Å²) in [6, 6.07) is 7.65. The Hall–Kier alpha value is -1.97. The molecule has 0 unspecified atom stereocenters. The zero-order valence-electron chi connectivity index (χ0n) is 16.6. The number of hydrogen-bond acceptors (Lipinski definition) is 6. The van der Waals surface area contributed by atoms with Crippen LogP contribution in [0.2, 0.25) is 0 Å². The van der Waals surface area contributed by atoms with Crippen LogP contribution < -0.4 is 5.32 Å². The van der Waals surface area contributed by atoms with Crippen molar-refractivity contribution in [2.24, 2.45) is 5.92 Å². The summed E-state index contributed by atoms with van der Waals surface area (Å²) in [6.45, 7) is 5.47. The average molecular weight is 412 g/mol. The molecular formula is C19H29N3O5S. The maximum absolute atomic E-state index is 12.7. The predicted molar refractivity (Wildman–Crippen MR) is 105 cm³/mol. The molecule has 0 spiro atoms. The average Bonchev–Trinajstić information content (AvgIpc) is 2.72. The number of rotatable bonds is 8. The van der Waals surface area contributed by atoms with E-state index in [4.69, 9.17) is 4.74 Å². The van der Waals surface area contributed by atoms with Crippen LogP contribution in [0.15, 0.2) is 35.2 Å². The molecular weight excluding hydrogens is 382 g/mol. The highest BCUT2D eigenvalue weighted by Gasteiger charge is 2.30. The largest absolute Gasteiger partial charge is 0.467 e. The molecule has 1 aliphatic heterocycles. The van der Waals surface area contributed by atoms with Crippen molar-refractivity contribution in [2.45, 2.75) is 31.2 Å². The molecule has 0 saturated carbocycles. The fourth-order valence-corrected chi connectivity index (χ4v) is 4.53. The minimum absolute atomic E-state index is 0.0377. The molecule has 1 aliphatic rings. The number of carbonyl (C=O) groups excluding carboxylic acids is 2. The van der Waals surface area contributed by atoms with Crippen LogP contribution in [-0.2, 0) is 24.3 Å². The standard InChI is InChI=1S/C19H29N3O5S/c1-4-15(2)18(19(24)27-3)20-17(23)14-21-10-12-22(13-11-21)28(25,26)16-8-6-5-7-9-16/h5-9,15,18H,4,10-14H2,1-3H3,(H,20,23)/t15-,18+/m1/s1. The van der Waals surface area contributed by atoms with E-state index < -0.39 is 22.0 Å². The van der Waals surface area contributed by atoms with Crippen LogP contribution in [0.4, 0.5) is 0 Å². The lowest BCUT2D eigenvalue weighted by Gasteiger charge is -2.34. The topological polar surface area (TPSA) is 96.0 Å². The molecule has 8 nitrogen and oxygen atoms in total. The van der Waals surface area contributed by atoms with Crippen LogP contribution in [0.3, 0.4) is 0 Å². The van der Waals surface area contributed by atoms with Crippen LogP contribution in [-0.4, -0.2) is 75.4 Å². The van der Waals surface area contributed by atoms with Gasteiger partial charge in [-0.2, -0.15) is 4.31 Å². The molecule has 0 radical (unpaired) electrons. The lowest BCUT2D eigenvalue weighted by molar-refractivity contribution is -0.146. The van der Waals surface area contributed by atoms with E-state index in [0.717, 1.165) is 6.42 Å². The first-order valence-electron chi connectivity index (χ1n) is 9.44. The summed E-state index contributed by atoms with van der Waals surface area (Å²) in [5.74, 6) is -0.763. The van der Waals surface area contributed by atoms with Crippen molar-refractivity contribution in [3.63, 3.8) is 0 Å². The number of ether oxygens (including phenoxy) is 1. The molecule has 1 amide bonds. The Morgan fingerprint density at radius 2 is 1.75 bits per heavy atom. The number of nitrogens with one attached hydrogen (secondary N) is 1.